The Morgan fingerprint density at radius 3 is 0.967 bits per heavy atom. The Morgan fingerprint density at radius 1 is 0.400 bits per heavy atom. The van der Waals surface area contributed by atoms with Crippen molar-refractivity contribution in [1.82, 2.24) is 0 Å². The van der Waals surface area contributed by atoms with Crippen molar-refractivity contribution in [1.29, 1.82) is 0 Å². The van der Waals surface area contributed by atoms with Crippen molar-refractivity contribution < 1.29 is 35.1 Å². The minimum Gasteiger partial charge on any atom is -0.194 e. The largest absolute Gasteiger partial charge is 0.382 e. The van der Waals surface area contributed by atoms with Gasteiger partial charge in [-0.3, -0.25) is 0 Å². The van der Waals surface area contributed by atoms with Crippen LogP contribution in [-0.2, 0) is 11.8 Å². The molecule has 0 saturated heterocycles. The van der Waals surface area contributed by atoms with Gasteiger partial charge in [-0.05, 0) is 44.5 Å². The molecular formula is C22H10F8. The Labute approximate surface area is 163 Å². The second kappa shape index (κ2) is 5.42. The molecule has 5 rings (SSSR count). The highest BCUT2D eigenvalue weighted by molar-refractivity contribution is 6.25. The first-order chi connectivity index (χ1) is 13.9. The number of hydrogen-bond donors (Lipinski definition) is 0. The predicted molar refractivity (Wildman–Crippen MR) is 96.6 cm³/mol. The fraction of sp³-hybridized carbons (Fsp3) is 0.182. The molecule has 0 aliphatic heterocycles. The van der Waals surface area contributed by atoms with E-state index >= 15 is 0 Å². The van der Waals surface area contributed by atoms with Gasteiger partial charge in [-0.2, -0.15) is 35.1 Å². The molecule has 0 saturated carbocycles. The van der Waals surface area contributed by atoms with Crippen LogP contribution in [0.25, 0.3) is 32.3 Å². The lowest BCUT2D eigenvalue weighted by Gasteiger charge is -2.43. The van der Waals surface area contributed by atoms with Gasteiger partial charge in [0.05, 0.1) is 0 Å². The van der Waals surface area contributed by atoms with Gasteiger partial charge in [0.1, 0.15) is 0 Å². The van der Waals surface area contributed by atoms with Crippen molar-refractivity contribution in [3.8, 4) is 0 Å². The van der Waals surface area contributed by atoms with Crippen LogP contribution in [0.5, 0.6) is 0 Å². The standard InChI is InChI=1S/C22H10F8/c23-19(24)17-9-15-13-7-3-1-5-11(13)12-6-2-4-8-14(12)16(15)10-18(17)20(25,26)22(29,30)21(19,27)28/h1-10H. The van der Waals surface area contributed by atoms with Crippen LogP contribution in [0, 0.1) is 0 Å². The number of fused-ring (bicyclic) bond motifs is 7. The third-order valence-electron chi connectivity index (χ3n) is 5.74. The molecule has 154 valence electrons. The third kappa shape index (κ3) is 1.97. The van der Waals surface area contributed by atoms with E-state index in [-0.39, 0.29) is 10.8 Å². The van der Waals surface area contributed by atoms with Gasteiger partial charge in [0.15, 0.2) is 0 Å². The summed E-state index contributed by atoms with van der Waals surface area (Å²) in [6.45, 7) is 0. The molecule has 0 heterocycles. The SMILES string of the molecule is FC1(F)c2cc3c4ccccc4c4ccccc4c3cc2C(F)(F)C(F)(F)C1(F)F. The molecule has 0 amide bonds. The highest BCUT2D eigenvalue weighted by Gasteiger charge is 2.85. The normalized spacial score (nSPS) is 21.1. The summed E-state index contributed by atoms with van der Waals surface area (Å²) < 4.78 is 114. The van der Waals surface area contributed by atoms with Crippen LogP contribution in [0.4, 0.5) is 35.1 Å². The van der Waals surface area contributed by atoms with E-state index < -0.39 is 34.8 Å². The summed E-state index contributed by atoms with van der Waals surface area (Å²) in [5, 5.41) is 1.88. The Morgan fingerprint density at radius 2 is 0.667 bits per heavy atom. The van der Waals surface area contributed by atoms with E-state index in [1.54, 1.807) is 36.4 Å². The van der Waals surface area contributed by atoms with E-state index in [1.165, 1.54) is 12.1 Å². The number of halogens is 8. The molecular weight excluding hydrogens is 416 g/mol. The van der Waals surface area contributed by atoms with Crippen molar-refractivity contribution in [3.05, 3.63) is 71.8 Å². The van der Waals surface area contributed by atoms with Gasteiger partial charge < -0.3 is 0 Å². The maximum atomic E-state index is 14.5. The maximum Gasteiger partial charge on any atom is 0.382 e. The lowest BCUT2D eigenvalue weighted by atomic mass is 9.78. The zero-order valence-corrected chi connectivity index (χ0v) is 14.8. The Hall–Kier alpha value is -2.90. The number of benzene rings is 4. The minimum atomic E-state index is -6.27. The van der Waals surface area contributed by atoms with Crippen molar-refractivity contribution in [3.63, 3.8) is 0 Å². The molecule has 30 heavy (non-hydrogen) atoms. The molecule has 0 aromatic heterocycles. The van der Waals surface area contributed by atoms with Crippen molar-refractivity contribution in [2.75, 3.05) is 0 Å². The smallest absolute Gasteiger partial charge is 0.194 e. The molecule has 0 unspecified atom stereocenters. The first-order valence-electron chi connectivity index (χ1n) is 8.82. The summed E-state index contributed by atoms with van der Waals surface area (Å²) in [5.74, 6) is -23.5. The van der Waals surface area contributed by atoms with Gasteiger partial charge in [0.2, 0.25) is 0 Å². The van der Waals surface area contributed by atoms with Crippen LogP contribution < -0.4 is 0 Å². The highest BCUT2D eigenvalue weighted by Crippen LogP contribution is 2.65. The lowest BCUT2D eigenvalue weighted by Crippen LogP contribution is -2.63. The van der Waals surface area contributed by atoms with Crippen LogP contribution in [0.2, 0.25) is 0 Å². The zero-order valence-electron chi connectivity index (χ0n) is 14.8. The fourth-order valence-electron chi connectivity index (χ4n) is 4.20. The topological polar surface area (TPSA) is 0 Å². The van der Waals surface area contributed by atoms with Gasteiger partial charge in [-0.25, -0.2) is 0 Å². The van der Waals surface area contributed by atoms with E-state index in [0.29, 0.717) is 33.7 Å². The molecule has 0 atom stereocenters. The van der Waals surface area contributed by atoms with Crippen LogP contribution in [-0.4, -0.2) is 11.8 Å². The first-order valence-corrected chi connectivity index (χ1v) is 8.82. The predicted octanol–water partition coefficient (Wildman–Crippen LogP) is 7.61. The molecule has 0 N–H and O–H groups in total. The average Bonchev–Trinajstić information content (AvgIpc) is 2.72. The van der Waals surface area contributed by atoms with Crippen LogP contribution >= 0.6 is 0 Å². The van der Waals surface area contributed by atoms with Crippen LogP contribution in [0.3, 0.4) is 0 Å². The van der Waals surface area contributed by atoms with Crippen molar-refractivity contribution >= 4 is 32.3 Å². The van der Waals surface area contributed by atoms with Crippen molar-refractivity contribution in [2.45, 2.75) is 23.7 Å². The summed E-state index contributed by atoms with van der Waals surface area (Å²) in [4.78, 5) is 0. The molecule has 8 heteroatoms. The van der Waals surface area contributed by atoms with Crippen LogP contribution in [0.15, 0.2) is 60.7 Å². The van der Waals surface area contributed by atoms with Gasteiger partial charge in [0, 0.05) is 11.1 Å². The number of rotatable bonds is 0. The summed E-state index contributed by atoms with van der Waals surface area (Å²) >= 11 is 0. The molecule has 0 nitrogen and oxygen atoms in total. The average molecular weight is 426 g/mol. The van der Waals surface area contributed by atoms with Gasteiger partial charge in [-0.1, -0.05) is 48.5 Å². The van der Waals surface area contributed by atoms with E-state index in [4.69, 9.17) is 0 Å². The molecule has 0 bridgehead atoms. The summed E-state index contributed by atoms with van der Waals surface area (Å²) in [6.07, 6.45) is 0. The Kier molecular flexibility index (Phi) is 3.45. The quantitative estimate of drug-likeness (QED) is 0.201. The zero-order chi connectivity index (χ0) is 21.7. The second-order valence-corrected chi connectivity index (χ2v) is 7.33. The molecule has 1 aliphatic carbocycles. The maximum absolute atomic E-state index is 14.5. The van der Waals surface area contributed by atoms with Crippen LogP contribution in [0.1, 0.15) is 11.1 Å². The first kappa shape index (κ1) is 19.1. The fourth-order valence-corrected chi connectivity index (χ4v) is 4.20. The number of alkyl halides is 8. The molecule has 0 radical (unpaired) electrons. The minimum absolute atomic E-state index is 0.000425. The summed E-state index contributed by atoms with van der Waals surface area (Å²) in [5.41, 5.74) is -3.59. The third-order valence-corrected chi connectivity index (χ3v) is 5.74. The van der Waals surface area contributed by atoms with Gasteiger partial charge in [0.25, 0.3) is 0 Å². The lowest BCUT2D eigenvalue weighted by molar-refractivity contribution is -0.386. The van der Waals surface area contributed by atoms with E-state index in [1.807, 2.05) is 0 Å². The monoisotopic (exact) mass is 426 g/mol. The van der Waals surface area contributed by atoms with Crippen molar-refractivity contribution in [2.24, 2.45) is 0 Å². The molecule has 0 fully saturated rings. The Bertz CT molecular complexity index is 1250. The summed E-state index contributed by atoms with van der Waals surface area (Å²) in [6, 6.07) is 13.9. The highest BCUT2D eigenvalue weighted by atomic mass is 19.4. The molecule has 4 aromatic rings. The Balaban J connectivity index is 2.05. The number of hydrogen-bond acceptors (Lipinski definition) is 0. The van der Waals surface area contributed by atoms with Gasteiger partial charge in [-0.15, -0.1) is 0 Å². The van der Waals surface area contributed by atoms with Gasteiger partial charge >= 0.3 is 23.7 Å². The molecule has 4 aromatic carbocycles. The molecule has 0 spiro atoms. The van der Waals surface area contributed by atoms with E-state index in [9.17, 15) is 35.1 Å². The van der Waals surface area contributed by atoms with E-state index in [0.717, 1.165) is 0 Å². The van der Waals surface area contributed by atoms with E-state index in [2.05, 4.69) is 0 Å². The molecule has 1 aliphatic rings. The second-order valence-electron chi connectivity index (χ2n) is 7.33. The summed E-state index contributed by atoms with van der Waals surface area (Å²) in [7, 11) is 0.